The average molecular weight is 169 g/mol. The molecule has 12 heavy (non-hydrogen) atoms. The summed E-state index contributed by atoms with van der Waals surface area (Å²) in [6, 6.07) is 0. The highest BCUT2D eigenvalue weighted by Gasteiger charge is 1.87. The maximum absolute atomic E-state index is 2.25. The minimum atomic E-state index is 1.04. The van der Waals surface area contributed by atoms with Gasteiger partial charge >= 0.3 is 0 Å². The minimum absolute atomic E-state index is 1.04. The Balaban J connectivity index is 0. The second-order valence-electron chi connectivity index (χ2n) is 2.36. The van der Waals surface area contributed by atoms with E-state index >= 15 is 0 Å². The molecule has 0 amide bonds. The third-order valence-electron chi connectivity index (χ3n) is 1.31. The van der Waals surface area contributed by atoms with Crippen LogP contribution in [0.1, 0.15) is 27.7 Å². The first kappa shape index (κ1) is 14.0. The highest BCUT2D eigenvalue weighted by Crippen LogP contribution is 1.84. The van der Waals surface area contributed by atoms with E-state index in [-0.39, 0.29) is 0 Å². The van der Waals surface area contributed by atoms with Crippen molar-refractivity contribution in [2.75, 3.05) is 20.1 Å². The van der Waals surface area contributed by atoms with E-state index < -0.39 is 0 Å². The van der Waals surface area contributed by atoms with Gasteiger partial charge in [-0.15, -0.1) is 0 Å². The summed E-state index contributed by atoms with van der Waals surface area (Å²) in [5, 5.41) is 0. The number of allylic oxidation sites excluding steroid dienone is 2. The second kappa shape index (κ2) is 13.1. The van der Waals surface area contributed by atoms with Crippen LogP contribution in [0.4, 0.5) is 0 Å². The normalized spacial score (nSPS) is 10.8. The van der Waals surface area contributed by atoms with Crippen LogP contribution in [0.3, 0.4) is 0 Å². The predicted octanol–water partition coefficient (Wildman–Crippen LogP) is 3.10. The molecule has 0 saturated heterocycles. The van der Waals surface area contributed by atoms with Gasteiger partial charge in [0.15, 0.2) is 0 Å². The van der Waals surface area contributed by atoms with E-state index in [1.807, 2.05) is 27.7 Å². The maximum Gasteiger partial charge on any atom is 0.0163 e. The van der Waals surface area contributed by atoms with Gasteiger partial charge in [-0.1, -0.05) is 38.2 Å². The van der Waals surface area contributed by atoms with Gasteiger partial charge < -0.3 is 0 Å². The number of hydrogen-bond acceptors (Lipinski definition) is 1. The predicted molar refractivity (Wildman–Crippen MR) is 58.5 cm³/mol. The van der Waals surface area contributed by atoms with E-state index in [9.17, 15) is 0 Å². The molecule has 0 aliphatic rings. The van der Waals surface area contributed by atoms with Gasteiger partial charge in [-0.05, 0) is 20.9 Å². The molecule has 0 aromatic carbocycles. The zero-order chi connectivity index (χ0) is 9.82. The lowest BCUT2D eigenvalue weighted by Crippen LogP contribution is -2.17. The summed E-state index contributed by atoms with van der Waals surface area (Å²) in [5.41, 5.74) is 0. The van der Waals surface area contributed by atoms with Gasteiger partial charge in [0.2, 0.25) is 0 Å². The van der Waals surface area contributed by atoms with Crippen molar-refractivity contribution < 1.29 is 0 Å². The Kier molecular flexibility index (Phi) is 15.2. The Morgan fingerprint density at radius 2 is 1.25 bits per heavy atom. The fraction of sp³-hybridized carbons (Fsp3) is 0.636. The van der Waals surface area contributed by atoms with Crippen LogP contribution in [-0.4, -0.2) is 25.0 Å². The second-order valence-corrected chi connectivity index (χ2v) is 2.36. The molecule has 1 nitrogen and oxygen atoms in total. The monoisotopic (exact) mass is 169 g/mol. The summed E-state index contributed by atoms with van der Waals surface area (Å²) in [4.78, 5) is 2.25. The molecule has 0 unspecified atom stereocenters. The molecule has 0 aliphatic heterocycles. The lowest BCUT2D eigenvalue weighted by molar-refractivity contribution is 0.412. The largest absolute Gasteiger partial charge is 0.299 e. The first-order chi connectivity index (χ1) is 5.81. The molecule has 0 bridgehead atoms. The van der Waals surface area contributed by atoms with Crippen molar-refractivity contribution in [1.29, 1.82) is 0 Å². The van der Waals surface area contributed by atoms with Gasteiger partial charge in [0, 0.05) is 13.1 Å². The summed E-state index contributed by atoms with van der Waals surface area (Å²) in [6.07, 6.45) is 8.46. The molecule has 0 rings (SSSR count). The van der Waals surface area contributed by atoms with Crippen molar-refractivity contribution in [2.24, 2.45) is 0 Å². The minimum Gasteiger partial charge on any atom is -0.299 e. The highest BCUT2D eigenvalue weighted by molar-refractivity contribution is 4.85. The molecule has 72 valence electrons. The Labute approximate surface area is 77.8 Å². The molecule has 0 aromatic rings. The van der Waals surface area contributed by atoms with Gasteiger partial charge in [-0.3, -0.25) is 4.90 Å². The van der Waals surface area contributed by atoms with Crippen molar-refractivity contribution in [3.63, 3.8) is 0 Å². The summed E-state index contributed by atoms with van der Waals surface area (Å²) in [6.45, 7) is 10.2. The Hall–Kier alpha value is -0.560. The third kappa shape index (κ3) is 12.1. The molecule has 0 spiro atoms. The standard InChI is InChI=1S/C9H17N.C2H6/c1-4-6-8-10(3)9-7-5-2;1-2/h4-7H,8-9H2,1-3H3;1-2H3/b6-4+,7-5+;. The summed E-state index contributed by atoms with van der Waals surface area (Å²) < 4.78 is 0. The van der Waals surface area contributed by atoms with Crippen LogP contribution in [0.25, 0.3) is 0 Å². The molecule has 0 heterocycles. The zero-order valence-electron chi connectivity index (χ0n) is 9.17. The summed E-state index contributed by atoms with van der Waals surface area (Å²) >= 11 is 0. The lowest BCUT2D eigenvalue weighted by Gasteiger charge is -2.09. The van der Waals surface area contributed by atoms with Crippen molar-refractivity contribution >= 4 is 0 Å². The number of likely N-dealkylation sites (N-methyl/N-ethyl adjacent to an activating group) is 1. The topological polar surface area (TPSA) is 3.24 Å². The Bertz CT molecular complexity index is 100. The molecule has 0 N–H and O–H groups in total. The maximum atomic E-state index is 2.25. The molecule has 0 saturated carbocycles. The van der Waals surface area contributed by atoms with Crippen LogP contribution in [-0.2, 0) is 0 Å². The van der Waals surface area contributed by atoms with Crippen molar-refractivity contribution in [2.45, 2.75) is 27.7 Å². The Morgan fingerprint density at radius 3 is 1.50 bits per heavy atom. The van der Waals surface area contributed by atoms with Crippen molar-refractivity contribution in [1.82, 2.24) is 4.90 Å². The van der Waals surface area contributed by atoms with Crippen molar-refractivity contribution in [3.8, 4) is 0 Å². The first-order valence-electron chi connectivity index (χ1n) is 4.72. The smallest absolute Gasteiger partial charge is 0.0163 e. The molecule has 0 aliphatic carbocycles. The Morgan fingerprint density at radius 1 is 0.917 bits per heavy atom. The van der Waals surface area contributed by atoms with E-state index in [0.717, 1.165) is 13.1 Å². The SMILES string of the molecule is C/C=C/CN(C)C/C=C/C.CC. The van der Waals surface area contributed by atoms with Gasteiger partial charge in [-0.25, -0.2) is 0 Å². The molecule has 0 radical (unpaired) electrons. The van der Waals surface area contributed by atoms with Crippen LogP contribution >= 0.6 is 0 Å². The average Bonchev–Trinajstić information content (AvgIpc) is 2.14. The van der Waals surface area contributed by atoms with Gasteiger partial charge in [-0.2, -0.15) is 0 Å². The fourth-order valence-electron chi connectivity index (χ4n) is 0.645. The molecule has 0 fully saturated rings. The van der Waals surface area contributed by atoms with Crippen LogP contribution in [0.15, 0.2) is 24.3 Å². The number of nitrogens with zero attached hydrogens (tertiary/aromatic N) is 1. The van der Waals surface area contributed by atoms with Crippen LogP contribution in [0, 0.1) is 0 Å². The summed E-state index contributed by atoms with van der Waals surface area (Å²) in [5.74, 6) is 0. The molecular formula is C11H23N. The summed E-state index contributed by atoms with van der Waals surface area (Å²) in [7, 11) is 2.11. The van der Waals surface area contributed by atoms with Crippen LogP contribution < -0.4 is 0 Å². The van der Waals surface area contributed by atoms with Gasteiger partial charge in [0.25, 0.3) is 0 Å². The molecule has 1 heteroatoms. The quantitative estimate of drug-likeness (QED) is 0.585. The van der Waals surface area contributed by atoms with Gasteiger partial charge in [0.1, 0.15) is 0 Å². The van der Waals surface area contributed by atoms with E-state index in [1.54, 1.807) is 0 Å². The number of hydrogen-bond donors (Lipinski definition) is 0. The zero-order valence-corrected chi connectivity index (χ0v) is 9.17. The highest BCUT2D eigenvalue weighted by atomic mass is 15.1. The third-order valence-corrected chi connectivity index (χ3v) is 1.31. The number of rotatable bonds is 4. The molecule has 0 aromatic heterocycles. The van der Waals surface area contributed by atoms with E-state index in [0.29, 0.717) is 0 Å². The van der Waals surface area contributed by atoms with Crippen LogP contribution in [0.5, 0.6) is 0 Å². The van der Waals surface area contributed by atoms with Gasteiger partial charge in [0.05, 0.1) is 0 Å². The lowest BCUT2D eigenvalue weighted by atomic mass is 10.4. The fourth-order valence-corrected chi connectivity index (χ4v) is 0.645. The van der Waals surface area contributed by atoms with E-state index in [4.69, 9.17) is 0 Å². The van der Waals surface area contributed by atoms with Crippen molar-refractivity contribution in [3.05, 3.63) is 24.3 Å². The first-order valence-corrected chi connectivity index (χ1v) is 4.72. The van der Waals surface area contributed by atoms with Crippen LogP contribution in [0.2, 0.25) is 0 Å². The molecule has 0 atom stereocenters. The van der Waals surface area contributed by atoms with E-state index in [2.05, 4.69) is 36.3 Å². The van der Waals surface area contributed by atoms with E-state index in [1.165, 1.54) is 0 Å². The molecular weight excluding hydrogens is 146 g/mol.